The summed E-state index contributed by atoms with van der Waals surface area (Å²) in [5.41, 5.74) is 5.01. The lowest BCUT2D eigenvalue weighted by Gasteiger charge is -2.33. The van der Waals surface area contributed by atoms with Gasteiger partial charge in [0.05, 0.1) is 19.8 Å². The molecule has 0 aliphatic carbocycles. The summed E-state index contributed by atoms with van der Waals surface area (Å²) in [5.74, 6) is 1.26. The van der Waals surface area contributed by atoms with E-state index < -0.39 is 0 Å². The average Bonchev–Trinajstić information content (AvgIpc) is 2.87. The molecule has 1 saturated heterocycles. The average molecular weight is 460 g/mol. The fourth-order valence-corrected chi connectivity index (χ4v) is 4.65. The van der Waals surface area contributed by atoms with E-state index >= 15 is 0 Å². The lowest BCUT2D eigenvalue weighted by molar-refractivity contribution is 0.0107. The Bertz CT molecular complexity index is 1190. The lowest BCUT2D eigenvalue weighted by Crippen LogP contribution is -2.41. The SMILES string of the molecule is COc1ccc(-c2cccc([C@H]3CCNC[C@@H]3OCc3ccc4ccccc4c3)c2)cc1.Cl. The van der Waals surface area contributed by atoms with Crippen LogP contribution in [0.2, 0.25) is 0 Å². The topological polar surface area (TPSA) is 30.5 Å². The Kier molecular flexibility index (Phi) is 7.66. The third-order valence-electron chi connectivity index (χ3n) is 6.44. The molecule has 1 aliphatic rings. The Morgan fingerprint density at radius 2 is 1.64 bits per heavy atom. The van der Waals surface area contributed by atoms with E-state index in [0.29, 0.717) is 12.5 Å². The third-order valence-corrected chi connectivity index (χ3v) is 6.44. The van der Waals surface area contributed by atoms with Crippen molar-refractivity contribution >= 4 is 23.2 Å². The highest BCUT2D eigenvalue weighted by atomic mass is 35.5. The number of halogens is 1. The van der Waals surface area contributed by atoms with Crippen LogP contribution in [0, 0.1) is 0 Å². The van der Waals surface area contributed by atoms with Gasteiger partial charge in [-0.25, -0.2) is 0 Å². The quantitative estimate of drug-likeness (QED) is 0.352. The Labute approximate surface area is 202 Å². The summed E-state index contributed by atoms with van der Waals surface area (Å²) in [5, 5.41) is 6.05. The summed E-state index contributed by atoms with van der Waals surface area (Å²) < 4.78 is 11.8. The van der Waals surface area contributed by atoms with Crippen molar-refractivity contribution in [2.75, 3.05) is 20.2 Å². The van der Waals surface area contributed by atoms with Crippen LogP contribution >= 0.6 is 12.4 Å². The Morgan fingerprint density at radius 3 is 2.45 bits per heavy atom. The first kappa shape index (κ1) is 23.3. The molecule has 33 heavy (non-hydrogen) atoms. The number of hydrogen-bond acceptors (Lipinski definition) is 3. The van der Waals surface area contributed by atoms with Crippen LogP contribution in [-0.4, -0.2) is 26.3 Å². The van der Waals surface area contributed by atoms with Gasteiger partial charge in [0.25, 0.3) is 0 Å². The zero-order valence-corrected chi connectivity index (χ0v) is 19.7. The van der Waals surface area contributed by atoms with E-state index in [9.17, 15) is 0 Å². The molecular formula is C29H30ClNO2. The molecule has 4 aromatic carbocycles. The Balaban J connectivity index is 0.00000259. The first-order valence-corrected chi connectivity index (χ1v) is 11.3. The minimum Gasteiger partial charge on any atom is -0.497 e. The van der Waals surface area contributed by atoms with Crippen LogP contribution in [0.3, 0.4) is 0 Å². The molecule has 0 saturated carbocycles. The molecule has 2 atom stereocenters. The van der Waals surface area contributed by atoms with Gasteiger partial charge in [0, 0.05) is 12.5 Å². The van der Waals surface area contributed by atoms with Gasteiger partial charge in [-0.05, 0) is 64.2 Å². The fraction of sp³-hybridized carbons (Fsp3) is 0.241. The van der Waals surface area contributed by atoms with Crippen LogP contribution in [0.5, 0.6) is 5.75 Å². The summed E-state index contributed by atoms with van der Waals surface area (Å²) in [6.07, 6.45) is 1.23. The van der Waals surface area contributed by atoms with Crippen molar-refractivity contribution in [1.82, 2.24) is 5.32 Å². The third kappa shape index (κ3) is 5.39. The van der Waals surface area contributed by atoms with Gasteiger partial charge >= 0.3 is 0 Å². The highest BCUT2D eigenvalue weighted by Gasteiger charge is 2.27. The van der Waals surface area contributed by atoms with Crippen molar-refractivity contribution in [2.45, 2.75) is 25.0 Å². The van der Waals surface area contributed by atoms with Crippen LogP contribution in [0.15, 0.2) is 91.0 Å². The van der Waals surface area contributed by atoms with Crippen LogP contribution < -0.4 is 10.1 Å². The van der Waals surface area contributed by atoms with E-state index in [2.05, 4.69) is 84.2 Å². The van der Waals surface area contributed by atoms with E-state index in [1.165, 1.54) is 33.0 Å². The summed E-state index contributed by atoms with van der Waals surface area (Å²) in [6.45, 7) is 2.53. The second-order valence-electron chi connectivity index (χ2n) is 8.48. The van der Waals surface area contributed by atoms with Gasteiger partial charge in [-0.2, -0.15) is 0 Å². The molecule has 0 bridgehead atoms. The number of nitrogens with one attached hydrogen (secondary N) is 1. The molecule has 170 valence electrons. The van der Waals surface area contributed by atoms with Gasteiger partial charge in [0.15, 0.2) is 0 Å². The van der Waals surface area contributed by atoms with Gasteiger partial charge < -0.3 is 14.8 Å². The maximum absolute atomic E-state index is 6.48. The number of ether oxygens (including phenoxy) is 2. The fourth-order valence-electron chi connectivity index (χ4n) is 4.65. The highest BCUT2D eigenvalue weighted by Crippen LogP contribution is 2.32. The summed E-state index contributed by atoms with van der Waals surface area (Å²) in [6, 6.07) is 32.3. The second kappa shape index (κ2) is 10.8. The van der Waals surface area contributed by atoms with Gasteiger partial charge in [-0.1, -0.05) is 72.8 Å². The van der Waals surface area contributed by atoms with E-state index in [1.54, 1.807) is 7.11 Å². The van der Waals surface area contributed by atoms with Crippen LogP contribution in [-0.2, 0) is 11.3 Å². The van der Waals surface area contributed by atoms with Crippen molar-refractivity contribution in [1.29, 1.82) is 0 Å². The van der Waals surface area contributed by atoms with Gasteiger partial charge in [0.2, 0.25) is 0 Å². The van der Waals surface area contributed by atoms with E-state index in [4.69, 9.17) is 9.47 Å². The summed E-state index contributed by atoms with van der Waals surface area (Å²) in [7, 11) is 1.70. The van der Waals surface area contributed by atoms with Gasteiger partial charge in [-0.15, -0.1) is 12.4 Å². The predicted octanol–water partition coefficient (Wildman–Crippen LogP) is 6.60. The number of fused-ring (bicyclic) bond motifs is 1. The summed E-state index contributed by atoms with van der Waals surface area (Å²) >= 11 is 0. The van der Waals surface area contributed by atoms with Crippen LogP contribution in [0.1, 0.15) is 23.5 Å². The molecule has 1 N–H and O–H groups in total. The highest BCUT2D eigenvalue weighted by molar-refractivity contribution is 5.85. The van der Waals surface area contributed by atoms with Crippen molar-refractivity contribution in [3.05, 3.63) is 102 Å². The van der Waals surface area contributed by atoms with Crippen molar-refractivity contribution < 1.29 is 9.47 Å². The molecular weight excluding hydrogens is 430 g/mol. The standard InChI is InChI=1S/C29H29NO2.ClH/c1-31-27-13-11-23(12-14-27)25-7-4-8-26(18-25)28-15-16-30-19-29(28)32-20-21-9-10-22-5-2-3-6-24(22)17-21;/h2-14,17-18,28-30H,15-16,19-20H2,1H3;1H/t28-,29+;/m1./s1. The second-order valence-corrected chi connectivity index (χ2v) is 8.48. The smallest absolute Gasteiger partial charge is 0.118 e. The van der Waals surface area contributed by atoms with Crippen molar-refractivity contribution in [3.63, 3.8) is 0 Å². The molecule has 1 aliphatic heterocycles. The molecule has 4 aromatic rings. The zero-order valence-electron chi connectivity index (χ0n) is 18.9. The Morgan fingerprint density at radius 1 is 0.818 bits per heavy atom. The molecule has 0 amide bonds. The maximum atomic E-state index is 6.48. The largest absolute Gasteiger partial charge is 0.497 e. The predicted molar refractivity (Wildman–Crippen MR) is 138 cm³/mol. The van der Waals surface area contributed by atoms with Crippen molar-refractivity contribution in [2.24, 2.45) is 0 Å². The number of hydrogen-bond donors (Lipinski definition) is 1. The number of benzene rings is 4. The summed E-state index contributed by atoms with van der Waals surface area (Å²) in [4.78, 5) is 0. The lowest BCUT2D eigenvalue weighted by atomic mass is 9.86. The Hall–Kier alpha value is -2.85. The zero-order chi connectivity index (χ0) is 21.8. The first-order valence-electron chi connectivity index (χ1n) is 11.3. The molecule has 1 fully saturated rings. The minimum absolute atomic E-state index is 0. The molecule has 0 spiro atoms. The first-order chi connectivity index (χ1) is 15.8. The molecule has 4 heteroatoms. The van der Waals surface area contributed by atoms with Crippen LogP contribution in [0.4, 0.5) is 0 Å². The van der Waals surface area contributed by atoms with E-state index in [0.717, 1.165) is 25.3 Å². The minimum atomic E-state index is 0. The van der Waals surface area contributed by atoms with Gasteiger partial charge in [-0.3, -0.25) is 0 Å². The molecule has 5 rings (SSSR count). The number of rotatable bonds is 6. The number of methoxy groups -OCH3 is 1. The van der Waals surface area contributed by atoms with Crippen molar-refractivity contribution in [3.8, 4) is 16.9 Å². The van der Waals surface area contributed by atoms with E-state index in [1.807, 2.05) is 12.1 Å². The molecule has 0 unspecified atom stereocenters. The monoisotopic (exact) mass is 459 g/mol. The molecule has 0 radical (unpaired) electrons. The molecule has 3 nitrogen and oxygen atoms in total. The normalized spacial score (nSPS) is 18.0. The van der Waals surface area contributed by atoms with Crippen LogP contribution in [0.25, 0.3) is 21.9 Å². The maximum Gasteiger partial charge on any atom is 0.118 e. The molecule has 0 aromatic heterocycles. The number of piperidine rings is 1. The molecule has 1 heterocycles. The van der Waals surface area contributed by atoms with Gasteiger partial charge in [0.1, 0.15) is 5.75 Å². The van der Waals surface area contributed by atoms with E-state index in [-0.39, 0.29) is 18.5 Å².